The Hall–Kier alpha value is -1.73. The fourth-order valence-corrected chi connectivity index (χ4v) is 2.23. The molecular formula is C15H10ClO. The first-order chi connectivity index (χ1) is 8.24. The lowest BCUT2D eigenvalue weighted by Gasteiger charge is -2.05. The number of hydrogen-bond donors (Lipinski definition) is 0. The maximum atomic E-state index is 5.97. The molecule has 1 aromatic heterocycles. The summed E-state index contributed by atoms with van der Waals surface area (Å²) < 4.78 is 5.55. The summed E-state index contributed by atoms with van der Waals surface area (Å²) >= 11 is 5.97. The van der Waals surface area contributed by atoms with E-state index in [2.05, 4.69) is 25.1 Å². The van der Waals surface area contributed by atoms with Crippen LogP contribution in [0.25, 0.3) is 22.1 Å². The average molecular weight is 242 g/mol. The summed E-state index contributed by atoms with van der Waals surface area (Å²) in [5.41, 5.74) is 4.23. The molecule has 0 saturated heterocycles. The number of hydrogen-bond acceptors (Lipinski definition) is 1. The highest BCUT2D eigenvalue weighted by molar-refractivity contribution is 6.30. The number of aryl methyl sites for hydroxylation is 1. The zero-order valence-electron chi connectivity index (χ0n) is 9.33. The van der Waals surface area contributed by atoms with Crippen LogP contribution in [0.1, 0.15) is 5.56 Å². The van der Waals surface area contributed by atoms with Gasteiger partial charge in [-0.25, -0.2) is 0 Å². The van der Waals surface area contributed by atoms with Gasteiger partial charge in [-0.3, -0.25) is 0 Å². The van der Waals surface area contributed by atoms with Crippen molar-refractivity contribution in [3.05, 3.63) is 59.3 Å². The highest BCUT2D eigenvalue weighted by Gasteiger charge is 2.08. The number of rotatable bonds is 1. The molecule has 0 aliphatic carbocycles. The van der Waals surface area contributed by atoms with E-state index >= 15 is 0 Å². The first-order valence-electron chi connectivity index (χ1n) is 5.39. The Balaban J connectivity index is 2.32. The van der Waals surface area contributed by atoms with Crippen molar-refractivity contribution >= 4 is 22.6 Å². The van der Waals surface area contributed by atoms with E-state index in [-0.39, 0.29) is 0 Å². The molecule has 2 aromatic carbocycles. The quantitative estimate of drug-likeness (QED) is 0.593. The Morgan fingerprint density at radius 2 is 2.06 bits per heavy atom. The van der Waals surface area contributed by atoms with Gasteiger partial charge in [0.2, 0.25) is 0 Å². The van der Waals surface area contributed by atoms with Crippen LogP contribution >= 0.6 is 11.6 Å². The highest BCUT2D eigenvalue weighted by atomic mass is 35.5. The zero-order chi connectivity index (χ0) is 11.8. The normalized spacial score (nSPS) is 10.9. The van der Waals surface area contributed by atoms with Gasteiger partial charge in [0.05, 0.1) is 6.26 Å². The van der Waals surface area contributed by atoms with Gasteiger partial charge in [-0.15, -0.1) is 0 Å². The van der Waals surface area contributed by atoms with E-state index in [1.807, 2.05) is 24.3 Å². The third-order valence-corrected chi connectivity index (χ3v) is 2.99. The predicted molar refractivity (Wildman–Crippen MR) is 70.2 cm³/mol. The van der Waals surface area contributed by atoms with Gasteiger partial charge in [-0.1, -0.05) is 23.7 Å². The summed E-state index contributed by atoms with van der Waals surface area (Å²) in [6.45, 7) is 2.08. The van der Waals surface area contributed by atoms with E-state index in [1.54, 1.807) is 6.26 Å². The second-order valence-corrected chi connectivity index (χ2v) is 4.48. The monoisotopic (exact) mass is 241 g/mol. The first kappa shape index (κ1) is 10.4. The summed E-state index contributed by atoms with van der Waals surface area (Å²) in [6.07, 6.45) is 1.71. The standard InChI is InChI=1S/C15H10ClO/c1-10-7-12-5-6-17-15(12)14(8-10)11-3-2-4-13(16)9-11/h2-3,5-9H,1H3. The molecule has 1 heterocycles. The summed E-state index contributed by atoms with van der Waals surface area (Å²) in [7, 11) is 0. The van der Waals surface area contributed by atoms with Crippen LogP contribution in [0.2, 0.25) is 5.02 Å². The van der Waals surface area contributed by atoms with Crippen LogP contribution in [0.3, 0.4) is 0 Å². The maximum absolute atomic E-state index is 5.97. The average Bonchev–Trinajstić information content (AvgIpc) is 2.75. The Morgan fingerprint density at radius 3 is 2.88 bits per heavy atom. The maximum Gasteiger partial charge on any atom is 0.141 e. The van der Waals surface area contributed by atoms with Crippen LogP contribution < -0.4 is 0 Å². The van der Waals surface area contributed by atoms with Crippen LogP contribution in [-0.2, 0) is 0 Å². The number of benzene rings is 2. The van der Waals surface area contributed by atoms with Gasteiger partial charge < -0.3 is 4.42 Å². The zero-order valence-corrected chi connectivity index (χ0v) is 10.1. The van der Waals surface area contributed by atoms with Gasteiger partial charge in [0.15, 0.2) is 0 Å². The molecule has 0 unspecified atom stereocenters. The smallest absolute Gasteiger partial charge is 0.141 e. The minimum atomic E-state index is 0.615. The van der Waals surface area contributed by atoms with Crippen molar-refractivity contribution in [3.8, 4) is 11.1 Å². The van der Waals surface area contributed by atoms with E-state index in [0.717, 1.165) is 22.1 Å². The fraction of sp³-hybridized carbons (Fsp3) is 0.0667. The van der Waals surface area contributed by atoms with Crippen molar-refractivity contribution in [1.29, 1.82) is 0 Å². The molecule has 0 saturated carbocycles. The third-order valence-electron chi connectivity index (χ3n) is 2.77. The van der Waals surface area contributed by atoms with Crippen molar-refractivity contribution in [1.82, 2.24) is 0 Å². The fourth-order valence-electron chi connectivity index (χ4n) is 2.05. The lowest BCUT2D eigenvalue weighted by Crippen LogP contribution is -1.81. The van der Waals surface area contributed by atoms with Crippen molar-refractivity contribution < 1.29 is 4.42 Å². The van der Waals surface area contributed by atoms with Crippen LogP contribution in [0.4, 0.5) is 0 Å². The summed E-state index contributed by atoms with van der Waals surface area (Å²) in [5.74, 6) is 0. The number of fused-ring (bicyclic) bond motifs is 1. The van der Waals surface area contributed by atoms with Gasteiger partial charge in [0, 0.05) is 22.0 Å². The molecular weight excluding hydrogens is 232 g/mol. The molecule has 1 nitrogen and oxygen atoms in total. The van der Waals surface area contributed by atoms with Gasteiger partial charge in [0.1, 0.15) is 5.58 Å². The lowest BCUT2D eigenvalue weighted by atomic mass is 10.0. The predicted octanol–water partition coefficient (Wildman–Crippen LogP) is 4.86. The topological polar surface area (TPSA) is 13.1 Å². The van der Waals surface area contributed by atoms with E-state index in [9.17, 15) is 0 Å². The van der Waals surface area contributed by atoms with Crippen molar-refractivity contribution in [2.45, 2.75) is 6.92 Å². The van der Waals surface area contributed by atoms with Crippen molar-refractivity contribution in [3.63, 3.8) is 0 Å². The van der Waals surface area contributed by atoms with Gasteiger partial charge >= 0.3 is 0 Å². The number of halogens is 1. The van der Waals surface area contributed by atoms with Crippen molar-refractivity contribution in [2.75, 3.05) is 0 Å². The van der Waals surface area contributed by atoms with Crippen molar-refractivity contribution in [2.24, 2.45) is 0 Å². The Morgan fingerprint density at radius 1 is 1.18 bits per heavy atom. The van der Waals surface area contributed by atoms with Crippen LogP contribution in [-0.4, -0.2) is 0 Å². The first-order valence-corrected chi connectivity index (χ1v) is 5.77. The van der Waals surface area contributed by atoms with Crippen LogP contribution in [0, 0.1) is 13.0 Å². The molecule has 2 heteroatoms. The molecule has 0 aliphatic rings. The molecule has 0 atom stereocenters. The molecule has 0 N–H and O–H groups in total. The van der Waals surface area contributed by atoms with E-state index in [0.29, 0.717) is 5.02 Å². The molecule has 0 fully saturated rings. The molecule has 0 spiro atoms. The number of furan rings is 1. The van der Waals surface area contributed by atoms with E-state index < -0.39 is 0 Å². The second-order valence-electron chi connectivity index (χ2n) is 4.08. The SMILES string of the molecule is Cc1cc(-c2cc[c]c(Cl)c2)c2occc2c1. The van der Waals surface area contributed by atoms with Crippen LogP contribution in [0.15, 0.2) is 47.1 Å². The van der Waals surface area contributed by atoms with E-state index in [4.69, 9.17) is 16.0 Å². The second kappa shape index (κ2) is 3.94. The minimum Gasteiger partial charge on any atom is -0.464 e. The van der Waals surface area contributed by atoms with E-state index in [1.165, 1.54) is 5.56 Å². The Bertz CT molecular complexity index is 682. The Labute approximate surface area is 105 Å². The Kier molecular flexibility index (Phi) is 2.41. The highest BCUT2D eigenvalue weighted by Crippen LogP contribution is 2.31. The molecule has 3 rings (SSSR count). The largest absolute Gasteiger partial charge is 0.464 e. The summed E-state index contributed by atoms with van der Waals surface area (Å²) in [6, 6.07) is 14.8. The molecule has 3 aromatic rings. The molecule has 0 aliphatic heterocycles. The summed E-state index contributed by atoms with van der Waals surface area (Å²) in [4.78, 5) is 0. The summed E-state index contributed by atoms with van der Waals surface area (Å²) in [5, 5.41) is 1.73. The van der Waals surface area contributed by atoms with Gasteiger partial charge in [0.25, 0.3) is 0 Å². The molecule has 83 valence electrons. The van der Waals surface area contributed by atoms with Crippen LogP contribution in [0.5, 0.6) is 0 Å². The van der Waals surface area contributed by atoms with Gasteiger partial charge in [-0.05, 0) is 42.3 Å². The molecule has 0 bridgehead atoms. The molecule has 0 amide bonds. The minimum absolute atomic E-state index is 0.615. The lowest BCUT2D eigenvalue weighted by molar-refractivity contribution is 0.617. The third kappa shape index (κ3) is 1.83. The van der Waals surface area contributed by atoms with Gasteiger partial charge in [-0.2, -0.15) is 0 Å². The molecule has 1 radical (unpaired) electrons. The molecule has 17 heavy (non-hydrogen) atoms.